The Morgan fingerprint density at radius 3 is 2.10 bits per heavy atom. The number of aliphatic carboxylic acids is 1. The minimum Gasteiger partial charge on any atom is -0.480 e. The molecule has 6 nitrogen and oxygen atoms in total. The van der Waals surface area contributed by atoms with E-state index in [0.29, 0.717) is 22.7 Å². The first-order valence-electron chi connectivity index (χ1n) is 10.9. The molecule has 208 valence electrons. The third kappa shape index (κ3) is 6.54. The van der Waals surface area contributed by atoms with Gasteiger partial charge in [-0.05, 0) is 71.1 Å². The van der Waals surface area contributed by atoms with Crippen molar-refractivity contribution in [1.29, 1.82) is 0 Å². The Morgan fingerprint density at radius 2 is 1.55 bits per heavy atom. The molecule has 1 fully saturated rings. The van der Waals surface area contributed by atoms with E-state index < -0.39 is 47.8 Å². The fourth-order valence-electron chi connectivity index (χ4n) is 3.54. The maximum Gasteiger partial charge on any atom is 0.416 e. The van der Waals surface area contributed by atoms with Crippen LogP contribution in [0.4, 0.5) is 32.0 Å². The summed E-state index contributed by atoms with van der Waals surface area (Å²) in [7, 11) is 0. The summed E-state index contributed by atoms with van der Waals surface area (Å²) in [5.41, 5.74) is -2.55. The number of alkyl halides is 6. The van der Waals surface area contributed by atoms with Crippen LogP contribution in [0, 0.1) is 0 Å². The Bertz CT molecular complexity index is 1510. The van der Waals surface area contributed by atoms with E-state index in [1.807, 2.05) is 0 Å². The van der Waals surface area contributed by atoms with Gasteiger partial charge in [0.1, 0.15) is 6.54 Å². The number of anilines is 1. The number of amides is 2. The number of thiophene rings is 1. The first-order chi connectivity index (χ1) is 18.6. The molecule has 2 N–H and O–H groups in total. The van der Waals surface area contributed by atoms with Crippen LogP contribution in [0.2, 0.25) is 0 Å². The summed E-state index contributed by atoms with van der Waals surface area (Å²) < 4.78 is 79.6. The van der Waals surface area contributed by atoms with Crippen LogP contribution in [0.15, 0.2) is 58.8 Å². The minimum absolute atomic E-state index is 0.0527. The van der Waals surface area contributed by atoms with Gasteiger partial charge in [0, 0.05) is 10.4 Å². The molecule has 40 heavy (non-hydrogen) atoms. The Balaban J connectivity index is 1.57. The molecule has 3 aromatic rings. The average Bonchev–Trinajstić information content (AvgIpc) is 3.45. The lowest BCUT2D eigenvalue weighted by Gasteiger charge is -2.14. The number of nitrogens with one attached hydrogen (secondary N) is 1. The van der Waals surface area contributed by atoms with Gasteiger partial charge in [0.15, 0.2) is 4.32 Å². The predicted octanol–water partition coefficient (Wildman–Crippen LogP) is 6.67. The van der Waals surface area contributed by atoms with E-state index in [-0.39, 0.29) is 32.0 Å². The minimum atomic E-state index is -4.98. The number of rotatable bonds is 6. The van der Waals surface area contributed by atoms with E-state index >= 15 is 0 Å². The van der Waals surface area contributed by atoms with E-state index in [1.165, 1.54) is 46.7 Å². The molecule has 0 aliphatic carbocycles. The van der Waals surface area contributed by atoms with Crippen LogP contribution in [-0.2, 0) is 21.9 Å². The quantitative estimate of drug-likeness (QED) is 0.183. The lowest BCUT2D eigenvalue weighted by molar-refractivity contribution is -0.143. The molecule has 0 bridgehead atoms. The maximum atomic E-state index is 13.2. The van der Waals surface area contributed by atoms with Gasteiger partial charge in [0.2, 0.25) is 0 Å². The average molecular weight is 617 g/mol. The Morgan fingerprint density at radius 1 is 0.950 bits per heavy atom. The molecule has 2 aromatic carbocycles. The second-order valence-electron chi connectivity index (χ2n) is 8.17. The summed E-state index contributed by atoms with van der Waals surface area (Å²) in [6.07, 6.45) is -8.54. The maximum absolute atomic E-state index is 13.2. The fourth-order valence-corrected chi connectivity index (χ4v) is 5.75. The first-order valence-corrected chi connectivity index (χ1v) is 13.0. The number of nitrogens with zero attached hydrogens (tertiary/aromatic N) is 1. The third-order valence-electron chi connectivity index (χ3n) is 5.40. The van der Waals surface area contributed by atoms with E-state index in [1.54, 1.807) is 0 Å². The highest BCUT2D eigenvalue weighted by molar-refractivity contribution is 8.27. The highest BCUT2D eigenvalue weighted by atomic mass is 32.2. The summed E-state index contributed by atoms with van der Waals surface area (Å²) in [4.78, 5) is 37.4. The normalized spacial score (nSPS) is 15.2. The zero-order chi connectivity index (χ0) is 29.4. The van der Waals surface area contributed by atoms with E-state index in [0.717, 1.165) is 23.1 Å². The van der Waals surface area contributed by atoms with Crippen LogP contribution in [0.25, 0.3) is 17.2 Å². The summed E-state index contributed by atoms with van der Waals surface area (Å²) in [5.74, 6) is -2.37. The molecule has 2 amide bonds. The summed E-state index contributed by atoms with van der Waals surface area (Å²) in [5, 5.41) is 12.3. The predicted molar refractivity (Wildman–Crippen MR) is 142 cm³/mol. The highest BCUT2D eigenvalue weighted by Crippen LogP contribution is 2.41. The smallest absolute Gasteiger partial charge is 0.416 e. The fraction of sp³-hybridized carbons (Fsp3) is 0.120. The monoisotopic (exact) mass is 616 g/mol. The van der Waals surface area contributed by atoms with Crippen LogP contribution in [-0.4, -0.2) is 33.8 Å². The molecule has 1 saturated heterocycles. The molecule has 0 radical (unpaired) electrons. The molecular formula is C25H14F6N2O4S3. The molecule has 1 aromatic heterocycles. The Hall–Kier alpha value is -3.69. The van der Waals surface area contributed by atoms with Gasteiger partial charge in [-0.1, -0.05) is 24.0 Å². The molecule has 0 unspecified atom stereocenters. The van der Waals surface area contributed by atoms with Gasteiger partial charge < -0.3 is 10.4 Å². The molecule has 2 heterocycles. The van der Waals surface area contributed by atoms with Gasteiger partial charge in [-0.15, -0.1) is 11.3 Å². The number of benzene rings is 2. The number of carboxylic acids is 1. The number of hydrogen-bond donors (Lipinski definition) is 2. The Labute approximate surface area is 235 Å². The topological polar surface area (TPSA) is 86.7 Å². The van der Waals surface area contributed by atoms with E-state index in [9.17, 15) is 40.7 Å². The van der Waals surface area contributed by atoms with Crippen molar-refractivity contribution >= 4 is 69.2 Å². The highest BCUT2D eigenvalue weighted by Gasteiger charge is 2.37. The lowest BCUT2D eigenvalue weighted by atomic mass is 10.0. The molecule has 1 aliphatic rings. The number of thioether (sulfide) groups is 1. The zero-order valence-electron chi connectivity index (χ0n) is 19.6. The lowest BCUT2D eigenvalue weighted by Crippen LogP contribution is -2.29. The van der Waals surface area contributed by atoms with Crippen molar-refractivity contribution in [3.63, 3.8) is 0 Å². The summed E-state index contributed by atoms with van der Waals surface area (Å²) in [6, 6.07) is 8.33. The second kappa shape index (κ2) is 11.1. The molecule has 1 aliphatic heterocycles. The molecule has 4 rings (SSSR count). The molecule has 0 spiro atoms. The summed E-state index contributed by atoms with van der Waals surface area (Å²) >= 11 is 7.26. The van der Waals surface area contributed by atoms with Crippen molar-refractivity contribution in [3.05, 3.63) is 80.4 Å². The van der Waals surface area contributed by atoms with Crippen LogP contribution < -0.4 is 10.2 Å². The van der Waals surface area contributed by atoms with Crippen molar-refractivity contribution in [1.82, 2.24) is 5.32 Å². The van der Waals surface area contributed by atoms with Gasteiger partial charge >= 0.3 is 18.3 Å². The number of hydrogen-bond acceptors (Lipinski definition) is 6. The number of carbonyl (C=O) groups excluding carboxylic acids is 2. The van der Waals surface area contributed by atoms with Crippen molar-refractivity contribution < 1.29 is 45.8 Å². The third-order valence-corrected chi connectivity index (χ3v) is 7.58. The van der Waals surface area contributed by atoms with Crippen LogP contribution in [0.1, 0.15) is 26.4 Å². The Kier molecular flexibility index (Phi) is 8.10. The number of carboxylic acid groups (broad SMARTS) is 1. The van der Waals surface area contributed by atoms with Gasteiger partial charge in [-0.2, -0.15) is 26.3 Å². The van der Waals surface area contributed by atoms with Gasteiger partial charge in [0.25, 0.3) is 11.8 Å². The van der Waals surface area contributed by atoms with Gasteiger partial charge in [-0.25, -0.2) is 0 Å². The van der Waals surface area contributed by atoms with E-state index in [4.69, 9.17) is 17.3 Å². The number of halogens is 6. The number of carbonyl (C=O) groups is 3. The molecule has 0 saturated carbocycles. The number of thiocarbonyl (C=S) groups is 1. The van der Waals surface area contributed by atoms with Gasteiger partial charge in [0.05, 0.1) is 21.7 Å². The molecule has 15 heteroatoms. The second-order valence-corrected chi connectivity index (χ2v) is 10.8. The largest absolute Gasteiger partial charge is 0.480 e. The van der Waals surface area contributed by atoms with Crippen molar-refractivity contribution in [2.75, 3.05) is 11.4 Å². The first kappa shape index (κ1) is 29.3. The van der Waals surface area contributed by atoms with Crippen molar-refractivity contribution in [3.8, 4) is 11.1 Å². The van der Waals surface area contributed by atoms with Crippen molar-refractivity contribution in [2.24, 2.45) is 0 Å². The van der Waals surface area contributed by atoms with E-state index in [2.05, 4.69) is 5.32 Å². The standard InChI is InChI=1S/C25H14F6N2O4S3/c26-24(27,28)15-5-13(6-16(8-15)25(29,30)31)14-7-18(39-11-14)9-19-22(37)33(23(38)40-19)17-3-1-12(2-4-17)21(36)32-10-20(34)35/h1-9,11H,10H2,(H,32,36)(H,34,35)/b19-9-. The van der Waals surface area contributed by atoms with Crippen molar-refractivity contribution in [2.45, 2.75) is 12.4 Å². The van der Waals surface area contributed by atoms with Gasteiger partial charge in [-0.3, -0.25) is 19.3 Å². The molecular weight excluding hydrogens is 602 g/mol. The molecule has 0 atom stereocenters. The van der Waals surface area contributed by atoms with Crippen LogP contribution in [0.3, 0.4) is 0 Å². The zero-order valence-corrected chi connectivity index (χ0v) is 22.0. The summed E-state index contributed by atoms with van der Waals surface area (Å²) in [6.45, 7) is -0.568. The SMILES string of the molecule is O=C(O)CNC(=O)c1ccc(N2C(=O)/C(=C/c3cc(-c4cc(C(F)(F)F)cc(C(F)(F)F)c4)cs3)SC2=S)cc1. The van der Waals surface area contributed by atoms with Crippen LogP contribution in [0.5, 0.6) is 0 Å². The van der Waals surface area contributed by atoms with Crippen LogP contribution >= 0.6 is 35.3 Å².